The van der Waals surface area contributed by atoms with Gasteiger partial charge in [-0.3, -0.25) is 4.40 Å². The first-order valence-corrected chi connectivity index (χ1v) is 6.49. The van der Waals surface area contributed by atoms with Gasteiger partial charge in [0.05, 0.1) is 6.10 Å². The van der Waals surface area contributed by atoms with E-state index in [1.165, 1.54) is 23.6 Å². The number of nitrogens with zero attached hydrogens (tertiary/aromatic N) is 3. The largest absolute Gasteiger partial charge is 0.420 e. The summed E-state index contributed by atoms with van der Waals surface area (Å²) in [5.74, 6) is 1.05. The molecule has 2 heterocycles. The van der Waals surface area contributed by atoms with E-state index < -0.39 is 17.8 Å². The van der Waals surface area contributed by atoms with Crippen LogP contribution >= 0.6 is 0 Å². The number of alkyl halides is 3. The maximum absolute atomic E-state index is 13.2. The van der Waals surface area contributed by atoms with E-state index >= 15 is 0 Å². The van der Waals surface area contributed by atoms with Crippen molar-refractivity contribution in [2.24, 2.45) is 5.92 Å². The van der Waals surface area contributed by atoms with Crippen LogP contribution in [0.1, 0.15) is 42.8 Å². The third-order valence-corrected chi connectivity index (χ3v) is 3.58. The second kappa shape index (κ2) is 4.44. The minimum absolute atomic E-state index is 0.171. The van der Waals surface area contributed by atoms with Crippen molar-refractivity contribution < 1.29 is 18.3 Å². The Labute approximate surface area is 113 Å². The molecule has 2 aromatic rings. The number of hydrogen-bond acceptors (Lipinski definition) is 3. The summed E-state index contributed by atoms with van der Waals surface area (Å²) < 4.78 is 41.1. The molecule has 4 nitrogen and oxygen atoms in total. The van der Waals surface area contributed by atoms with Crippen LogP contribution in [0.3, 0.4) is 0 Å². The molecule has 1 aliphatic carbocycles. The lowest BCUT2D eigenvalue weighted by molar-refractivity contribution is -0.138. The average Bonchev–Trinajstić information content (AvgIpc) is 3.07. The van der Waals surface area contributed by atoms with Gasteiger partial charge in [0.1, 0.15) is 11.4 Å². The number of pyridine rings is 1. The molecule has 7 heteroatoms. The summed E-state index contributed by atoms with van der Waals surface area (Å²) in [6.45, 7) is 1.31. The predicted molar refractivity (Wildman–Crippen MR) is 65.1 cm³/mol. The first kappa shape index (κ1) is 13.4. The Morgan fingerprint density at radius 1 is 1.40 bits per heavy atom. The molecule has 0 unspecified atom stereocenters. The lowest BCUT2D eigenvalue weighted by Gasteiger charge is -2.15. The van der Waals surface area contributed by atoms with E-state index in [0.29, 0.717) is 18.2 Å². The van der Waals surface area contributed by atoms with E-state index in [0.717, 1.165) is 12.8 Å². The standard InChI is InChI=1S/C13H14F3N3O/c1-7(20)9-4-5-19-10(6-8-2-3-8)17-18-12(19)11(9)13(14,15)16/h4-5,7-8,20H,2-3,6H2,1H3/t7-/m0/s1. The van der Waals surface area contributed by atoms with Crippen LogP contribution in [0.5, 0.6) is 0 Å². The molecule has 20 heavy (non-hydrogen) atoms. The Morgan fingerprint density at radius 2 is 2.10 bits per heavy atom. The fourth-order valence-corrected chi connectivity index (χ4v) is 2.38. The van der Waals surface area contributed by atoms with Crippen LogP contribution in [0.2, 0.25) is 0 Å². The van der Waals surface area contributed by atoms with Crippen LogP contribution in [0.25, 0.3) is 5.65 Å². The summed E-state index contributed by atoms with van der Waals surface area (Å²) in [6.07, 6.45) is -1.45. The highest BCUT2D eigenvalue weighted by molar-refractivity contribution is 5.54. The molecule has 2 aromatic heterocycles. The smallest absolute Gasteiger partial charge is 0.389 e. The topological polar surface area (TPSA) is 50.4 Å². The summed E-state index contributed by atoms with van der Waals surface area (Å²) in [4.78, 5) is 0. The molecular weight excluding hydrogens is 271 g/mol. The van der Waals surface area contributed by atoms with Crippen molar-refractivity contribution >= 4 is 5.65 Å². The lowest BCUT2D eigenvalue weighted by Crippen LogP contribution is -2.14. The van der Waals surface area contributed by atoms with Crippen molar-refractivity contribution in [3.8, 4) is 0 Å². The number of halogens is 3. The average molecular weight is 285 g/mol. The zero-order valence-corrected chi connectivity index (χ0v) is 10.9. The molecule has 0 aromatic carbocycles. The predicted octanol–water partition coefficient (Wildman–Crippen LogP) is 2.75. The summed E-state index contributed by atoms with van der Waals surface area (Å²) in [6, 6.07) is 1.29. The molecule has 0 spiro atoms. The number of hydrogen-bond donors (Lipinski definition) is 1. The van der Waals surface area contributed by atoms with Gasteiger partial charge in [0.25, 0.3) is 0 Å². The third kappa shape index (κ3) is 2.26. The molecule has 1 saturated carbocycles. The Morgan fingerprint density at radius 3 is 2.65 bits per heavy atom. The molecule has 1 fully saturated rings. The van der Waals surface area contributed by atoms with E-state index in [1.807, 2.05) is 0 Å². The van der Waals surface area contributed by atoms with E-state index in [9.17, 15) is 18.3 Å². The van der Waals surface area contributed by atoms with Crippen LogP contribution in [0.4, 0.5) is 13.2 Å². The zero-order chi connectivity index (χ0) is 14.5. The number of fused-ring (bicyclic) bond motifs is 1. The minimum atomic E-state index is -4.57. The second-order valence-electron chi connectivity index (χ2n) is 5.28. The van der Waals surface area contributed by atoms with Crippen LogP contribution < -0.4 is 0 Å². The molecule has 0 amide bonds. The lowest BCUT2D eigenvalue weighted by atomic mass is 10.0. The molecule has 1 atom stereocenters. The van der Waals surface area contributed by atoms with Crippen LogP contribution in [-0.4, -0.2) is 19.7 Å². The van der Waals surface area contributed by atoms with Gasteiger partial charge in [-0.15, -0.1) is 10.2 Å². The number of aromatic nitrogens is 3. The Kier molecular flexibility index (Phi) is 2.97. The van der Waals surface area contributed by atoms with Gasteiger partial charge in [0, 0.05) is 12.6 Å². The van der Waals surface area contributed by atoms with Gasteiger partial charge in [-0.25, -0.2) is 0 Å². The Bertz CT molecular complexity index is 644. The first-order chi connectivity index (χ1) is 9.38. The molecule has 108 valence electrons. The van der Waals surface area contributed by atoms with Crippen molar-refractivity contribution in [2.45, 2.75) is 38.5 Å². The highest BCUT2D eigenvalue weighted by Crippen LogP contribution is 2.38. The molecule has 3 rings (SSSR count). The second-order valence-corrected chi connectivity index (χ2v) is 5.28. The van der Waals surface area contributed by atoms with Crippen molar-refractivity contribution in [1.82, 2.24) is 14.6 Å². The summed E-state index contributed by atoms with van der Waals surface area (Å²) in [5.41, 5.74) is -1.30. The van der Waals surface area contributed by atoms with Crippen molar-refractivity contribution in [3.05, 3.63) is 29.2 Å². The zero-order valence-electron chi connectivity index (χ0n) is 10.9. The SMILES string of the molecule is C[C@H](O)c1ccn2c(CC3CC3)nnc2c1C(F)(F)F. The normalized spacial score (nSPS) is 17.6. The van der Waals surface area contributed by atoms with Crippen LogP contribution in [0.15, 0.2) is 12.3 Å². The first-order valence-electron chi connectivity index (χ1n) is 6.49. The Hall–Kier alpha value is -1.63. The molecule has 1 aliphatic rings. The van der Waals surface area contributed by atoms with Crippen LogP contribution in [-0.2, 0) is 12.6 Å². The fraction of sp³-hybridized carbons (Fsp3) is 0.538. The molecule has 0 aliphatic heterocycles. The summed E-state index contributed by atoms with van der Waals surface area (Å²) in [5, 5.41) is 17.1. The van der Waals surface area contributed by atoms with Gasteiger partial charge in [0.2, 0.25) is 0 Å². The van der Waals surface area contributed by atoms with Crippen molar-refractivity contribution in [1.29, 1.82) is 0 Å². The van der Waals surface area contributed by atoms with Gasteiger partial charge >= 0.3 is 6.18 Å². The number of aliphatic hydroxyl groups excluding tert-OH is 1. The van der Waals surface area contributed by atoms with E-state index in [-0.39, 0.29) is 11.2 Å². The quantitative estimate of drug-likeness (QED) is 0.943. The number of rotatable bonds is 3. The summed E-state index contributed by atoms with van der Waals surface area (Å²) in [7, 11) is 0. The van der Waals surface area contributed by atoms with Gasteiger partial charge in [-0.2, -0.15) is 13.2 Å². The monoisotopic (exact) mass is 285 g/mol. The Balaban J connectivity index is 2.18. The van der Waals surface area contributed by atoms with Crippen LogP contribution in [0, 0.1) is 5.92 Å². The van der Waals surface area contributed by atoms with Gasteiger partial charge in [0.15, 0.2) is 5.65 Å². The molecule has 0 saturated heterocycles. The van der Waals surface area contributed by atoms with E-state index in [2.05, 4.69) is 10.2 Å². The molecule has 1 N–H and O–H groups in total. The maximum Gasteiger partial charge on any atom is 0.420 e. The van der Waals surface area contributed by atoms with Gasteiger partial charge in [-0.1, -0.05) is 0 Å². The summed E-state index contributed by atoms with van der Waals surface area (Å²) >= 11 is 0. The van der Waals surface area contributed by atoms with Gasteiger partial charge in [-0.05, 0) is 37.3 Å². The van der Waals surface area contributed by atoms with Crippen molar-refractivity contribution in [3.63, 3.8) is 0 Å². The molecule has 0 bridgehead atoms. The highest BCUT2D eigenvalue weighted by atomic mass is 19.4. The molecule has 0 radical (unpaired) electrons. The highest BCUT2D eigenvalue weighted by Gasteiger charge is 2.38. The van der Waals surface area contributed by atoms with E-state index in [1.54, 1.807) is 0 Å². The van der Waals surface area contributed by atoms with E-state index in [4.69, 9.17) is 0 Å². The fourth-order valence-electron chi connectivity index (χ4n) is 2.38. The van der Waals surface area contributed by atoms with Gasteiger partial charge < -0.3 is 5.11 Å². The minimum Gasteiger partial charge on any atom is -0.389 e. The maximum atomic E-state index is 13.2. The molecular formula is C13H14F3N3O. The third-order valence-electron chi connectivity index (χ3n) is 3.58. The van der Waals surface area contributed by atoms with Crippen molar-refractivity contribution in [2.75, 3.05) is 0 Å². The number of aliphatic hydroxyl groups is 1.